The number of carboxylic acid groups (broad SMARTS) is 1. The number of rotatable bonds is 5. The van der Waals surface area contributed by atoms with Crippen molar-refractivity contribution in [1.29, 1.82) is 0 Å². The number of amides is 2. The zero-order valence-corrected chi connectivity index (χ0v) is 13.8. The molecule has 1 aliphatic heterocycles. The molecule has 0 aromatic rings. The first-order valence-electron chi connectivity index (χ1n) is 7.78. The third kappa shape index (κ3) is 3.30. The van der Waals surface area contributed by atoms with E-state index in [4.69, 9.17) is 0 Å². The molecule has 1 aliphatic carbocycles. The highest BCUT2D eigenvalue weighted by Crippen LogP contribution is 2.40. The van der Waals surface area contributed by atoms with Gasteiger partial charge in [-0.25, -0.2) is 4.79 Å². The Morgan fingerprint density at radius 3 is 2.43 bits per heavy atom. The molecule has 2 aliphatic rings. The lowest BCUT2D eigenvalue weighted by molar-refractivity contribution is -0.148. The van der Waals surface area contributed by atoms with Crippen LogP contribution < -0.4 is 5.32 Å². The molecule has 2 fully saturated rings. The second kappa shape index (κ2) is 6.46. The Morgan fingerprint density at radius 1 is 1.29 bits per heavy atom. The summed E-state index contributed by atoms with van der Waals surface area (Å²) in [5.74, 6) is -0.781. The number of hydrogen-bond acceptors (Lipinski definition) is 3. The Bertz CT molecular complexity index is 410. The smallest absolute Gasteiger partial charge is 0.317 e. The fraction of sp³-hybridized carbons (Fsp3) is 0.867. The van der Waals surface area contributed by atoms with Crippen LogP contribution in [0.1, 0.15) is 45.4 Å². The Kier molecular flexibility index (Phi) is 5.07. The summed E-state index contributed by atoms with van der Waals surface area (Å²) in [7, 11) is 0. The van der Waals surface area contributed by atoms with Crippen molar-refractivity contribution in [3.63, 3.8) is 0 Å². The SMILES string of the molecule is CCC1(C(=O)O)CCN(C(=O)NCC2(SC)CCCC2)C1. The largest absolute Gasteiger partial charge is 0.481 e. The van der Waals surface area contributed by atoms with Crippen molar-refractivity contribution in [3.8, 4) is 0 Å². The van der Waals surface area contributed by atoms with Crippen molar-refractivity contribution in [1.82, 2.24) is 10.2 Å². The fourth-order valence-electron chi connectivity index (χ4n) is 3.48. The molecular formula is C15H26N2O3S. The van der Waals surface area contributed by atoms with Gasteiger partial charge in [0.25, 0.3) is 0 Å². The summed E-state index contributed by atoms with van der Waals surface area (Å²) in [5.41, 5.74) is -0.748. The number of carboxylic acids is 1. The molecule has 1 saturated carbocycles. The maximum Gasteiger partial charge on any atom is 0.317 e. The molecule has 2 N–H and O–H groups in total. The fourth-order valence-corrected chi connectivity index (χ4v) is 4.39. The number of aliphatic carboxylic acids is 1. The minimum absolute atomic E-state index is 0.105. The predicted octanol–water partition coefficient (Wildman–Crippen LogP) is 2.56. The van der Waals surface area contributed by atoms with Crippen molar-refractivity contribution < 1.29 is 14.7 Å². The topological polar surface area (TPSA) is 69.6 Å². The number of carbonyl (C=O) groups excluding carboxylic acids is 1. The second-order valence-corrected chi connectivity index (χ2v) is 7.64. The molecule has 0 aromatic carbocycles. The lowest BCUT2D eigenvalue weighted by Crippen LogP contribution is -2.46. The Balaban J connectivity index is 1.89. The van der Waals surface area contributed by atoms with Gasteiger partial charge in [-0.15, -0.1) is 0 Å². The number of nitrogens with one attached hydrogen (secondary N) is 1. The van der Waals surface area contributed by atoms with E-state index in [0.29, 0.717) is 32.5 Å². The maximum atomic E-state index is 12.3. The highest BCUT2D eigenvalue weighted by Gasteiger charge is 2.45. The Labute approximate surface area is 130 Å². The first kappa shape index (κ1) is 16.5. The number of hydrogen-bond donors (Lipinski definition) is 2. The van der Waals surface area contributed by atoms with Gasteiger partial charge < -0.3 is 15.3 Å². The molecule has 1 heterocycles. The van der Waals surface area contributed by atoms with Crippen LogP contribution in [0, 0.1) is 5.41 Å². The van der Waals surface area contributed by atoms with Crippen molar-refractivity contribution in [3.05, 3.63) is 0 Å². The van der Waals surface area contributed by atoms with Crippen molar-refractivity contribution in [2.24, 2.45) is 5.41 Å². The van der Waals surface area contributed by atoms with Crippen LogP contribution in [0.3, 0.4) is 0 Å². The average Bonchev–Trinajstić information content (AvgIpc) is 3.13. The van der Waals surface area contributed by atoms with Crippen LogP contribution in [-0.2, 0) is 4.79 Å². The van der Waals surface area contributed by atoms with E-state index in [1.54, 1.807) is 4.90 Å². The summed E-state index contributed by atoms with van der Waals surface area (Å²) in [6.07, 6.45) is 8.02. The minimum atomic E-state index is -0.781. The maximum absolute atomic E-state index is 12.3. The number of likely N-dealkylation sites (tertiary alicyclic amines) is 1. The van der Waals surface area contributed by atoms with Gasteiger partial charge in [-0.05, 0) is 31.9 Å². The monoisotopic (exact) mass is 314 g/mol. The molecule has 0 bridgehead atoms. The van der Waals surface area contributed by atoms with Crippen LogP contribution in [-0.4, -0.2) is 52.6 Å². The van der Waals surface area contributed by atoms with Crippen LogP contribution in [0.2, 0.25) is 0 Å². The number of nitrogens with zero attached hydrogens (tertiary/aromatic N) is 1. The third-order valence-electron chi connectivity index (χ3n) is 5.28. The van der Waals surface area contributed by atoms with Crippen LogP contribution in [0.15, 0.2) is 0 Å². The Hall–Kier alpha value is -0.910. The summed E-state index contributed by atoms with van der Waals surface area (Å²) in [6.45, 7) is 3.45. The number of urea groups is 1. The minimum Gasteiger partial charge on any atom is -0.481 e. The molecule has 1 atom stereocenters. The highest BCUT2D eigenvalue weighted by atomic mass is 32.2. The van der Waals surface area contributed by atoms with Gasteiger partial charge >= 0.3 is 12.0 Å². The summed E-state index contributed by atoms with van der Waals surface area (Å²) in [5, 5.41) is 12.4. The second-order valence-electron chi connectivity index (χ2n) is 6.36. The van der Waals surface area contributed by atoms with E-state index < -0.39 is 11.4 Å². The van der Waals surface area contributed by atoms with Gasteiger partial charge in [0.2, 0.25) is 0 Å². The molecule has 0 radical (unpaired) electrons. The molecule has 2 rings (SSSR count). The van der Waals surface area contributed by atoms with E-state index in [1.807, 2.05) is 18.7 Å². The molecule has 1 unspecified atom stereocenters. The first-order valence-corrected chi connectivity index (χ1v) is 9.01. The van der Waals surface area contributed by atoms with E-state index in [9.17, 15) is 14.7 Å². The van der Waals surface area contributed by atoms with Crippen LogP contribution in [0.25, 0.3) is 0 Å². The molecule has 0 aromatic heterocycles. The van der Waals surface area contributed by atoms with Gasteiger partial charge in [0.05, 0.1) is 5.41 Å². The van der Waals surface area contributed by atoms with Crippen LogP contribution in [0.5, 0.6) is 0 Å². The third-order valence-corrected chi connectivity index (χ3v) is 6.70. The highest BCUT2D eigenvalue weighted by molar-refractivity contribution is 8.00. The molecule has 5 nitrogen and oxygen atoms in total. The summed E-state index contributed by atoms with van der Waals surface area (Å²) in [6, 6.07) is -0.105. The molecule has 1 saturated heterocycles. The predicted molar refractivity (Wildman–Crippen MR) is 84.7 cm³/mol. The van der Waals surface area contributed by atoms with Gasteiger partial charge in [0, 0.05) is 24.4 Å². The van der Waals surface area contributed by atoms with Gasteiger partial charge in [0.15, 0.2) is 0 Å². The zero-order chi connectivity index (χ0) is 15.5. The van der Waals surface area contributed by atoms with Crippen LogP contribution >= 0.6 is 11.8 Å². The van der Waals surface area contributed by atoms with Gasteiger partial charge in [-0.3, -0.25) is 4.79 Å². The van der Waals surface area contributed by atoms with E-state index in [0.717, 1.165) is 12.8 Å². The lowest BCUT2D eigenvalue weighted by atomic mass is 9.84. The van der Waals surface area contributed by atoms with E-state index in [2.05, 4.69) is 11.6 Å². The van der Waals surface area contributed by atoms with Gasteiger partial charge in [0.1, 0.15) is 0 Å². The van der Waals surface area contributed by atoms with Crippen molar-refractivity contribution in [2.45, 2.75) is 50.2 Å². The standard InChI is InChI=1S/C15H26N2O3S/c1-3-14(12(18)19)8-9-17(11-14)13(20)16-10-15(21-2)6-4-5-7-15/h3-11H2,1-2H3,(H,16,20)(H,18,19). The quantitative estimate of drug-likeness (QED) is 0.818. The molecule has 120 valence electrons. The molecule has 2 amide bonds. The van der Waals surface area contributed by atoms with E-state index in [1.165, 1.54) is 12.8 Å². The average molecular weight is 314 g/mol. The summed E-state index contributed by atoms with van der Waals surface area (Å²) < 4.78 is 0.185. The zero-order valence-electron chi connectivity index (χ0n) is 13.0. The van der Waals surface area contributed by atoms with Gasteiger partial charge in [-0.2, -0.15) is 11.8 Å². The summed E-state index contributed by atoms with van der Waals surface area (Å²) in [4.78, 5) is 25.4. The van der Waals surface area contributed by atoms with Crippen molar-refractivity contribution >= 4 is 23.8 Å². The molecule has 6 heteroatoms. The Morgan fingerprint density at radius 2 is 1.95 bits per heavy atom. The molecule has 0 spiro atoms. The van der Waals surface area contributed by atoms with Gasteiger partial charge in [-0.1, -0.05) is 19.8 Å². The molecule has 21 heavy (non-hydrogen) atoms. The van der Waals surface area contributed by atoms with Crippen molar-refractivity contribution in [2.75, 3.05) is 25.9 Å². The normalized spacial score (nSPS) is 27.8. The number of thioether (sulfide) groups is 1. The molecular weight excluding hydrogens is 288 g/mol. The lowest BCUT2D eigenvalue weighted by Gasteiger charge is -2.29. The summed E-state index contributed by atoms with van der Waals surface area (Å²) >= 11 is 1.85. The van der Waals surface area contributed by atoms with E-state index in [-0.39, 0.29) is 10.8 Å². The van der Waals surface area contributed by atoms with Crippen LogP contribution in [0.4, 0.5) is 4.79 Å². The first-order chi connectivity index (χ1) is 9.97. The van der Waals surface area contributed by atoms with E-state index >= 15 is 0 Å². The number of carbonyl (C=O) groups is 2.